The lowest BCUT2D eigenvalue weighted by Gasteiger charge is -2.17. The summed E-state index contributed by atoms with van der Waals surface area (Å²) in [7, 11) is -0.274. The van der Waals surface area contributed by atoms with Crippen LogP contribution in [0.2, 0.25) is 0 Å². The Bertz CT molecular complexity index is 958. The van der Waals surface area contributed by atoms with Gasteiger partial charge in [-0.05, 0) is 36.7 Å². The lowest BCUT2D eigenvalue weighted by molar-refractivity contribution is 0.588. The summed E-state index contributed by atoms with van der Waals surface area (Å²) in [5.74, 6) is 0.206. The number of imidazole rings is 1. The minimum Gasteiger partial charge on any atom is -0.384 e. The number of aryl methyl sites for hydroxylation is 1. The Balaban J connectivity index is 2.39. The van der Waals surface area contributed by atoms with Crippen LogP contribution in [0.4, 0.5) is 5.69 Å². The van der Waals surface area contributed by atoms with Gasteiger partial charge in [-0.25, -0.2) is 18.1 Å². The third-order valence-electron chi connectivity index (χ3n) is 4.26. The molecule has 1 heterocycles. The molecule has 0 aliphatic rings. The molecule has 0 aliphatic carbocycles. The molecule has 1 unspecified atom stereocenters. The van der Waals surface area contributed by atoms with Crippen LogP contribution in [-0.4, -0.2) is 31.6 Å². The van der Waals surface area contributed by atoms with E-state index in [4.69, 9.17) is 0 Å². The van der Waals surface area contributed by atoms with Crippen LogP contribution in [-0.2, 0) is 17.1 Å². The van der Waals surface area contributed by atoms with E-state index in [-0.39, 0.29) is 10.8 Å². The van der Waals surface area contributed by atoms with Gasteiger partial charge in [0.25, 0.3) is 0 Å². The van der Waals surface area contributed by atoms with Crippen molar-refractivity contribution < 1.29 is 8.42 Å². The molecule has 1 atom stereocenters. The van der Waals surface area contributed by atoms with Gasteiger partial charge in [-0.1, -0.05) is 38.3 Å². The van der Waals surface area contributed by atoms with Gasteiger partial charge in [-0.15, -0.1) is 0 Å². The van der Waals surface area contributed by atoms with Gasteiger partial charge >= 0.3 is 0 Å². The zero-order valence-electron chi connectivity index (χ0n) is 15.9. The molecule has 0 fully saturated rings. The Hall–Kier alpha value is -2.64. The number of rotatable bonds is 9. The van der Waals surface area contributed by atoms with E-state index in [2.05, 4.69) is 35.1 Å². The van der Waals surface area contributed by atoms with E-state index in [1.54, 1.807) is 30.6 Å². The van der Waals surface area contributed by atoms with Crippen molar-refractivity contribution in [3.05, 3.63) is 67.7 Å². The zero-order chi connectivity index (χ0) is 20.0. The van der Waals surface area contributed by atoms with Crippen molar-refractivity contribution in [2.45, 2.75) is 11.8 Å². The van der Waals surface area contributed by atoms with E-state index in [1.807, 2.05) is 30.0 Å². The molecule has 6 nitrogen and oxygen atoms in total. The van der Waals surface area contributed by atoms with Crippen LogP contribution in [0.3, 0.4) is 0 Å². The molecule has 0 saturated heterocycles. The summed E-state index contributed by atoms with van der Waals surface area (Å²) in [6.07, 6.45) is 9.03. The van der Waals surface area contributed by atoms with Crippen LogP contribution in [0.5, 0.6) is 0 Å². The average Bonchev–Trinajstić information content (AvgIpc) is 3.10. The van der Waals surface area contributed by atoms with Gasteiger partial charge in [0.2, 0.25) is 10.0 Å². The van der Waals surface area contributed by atoms with E-state index in [0.29, 0.717) is 12.2 Å². The first-order valence-electron chi connectivity index (χ1n) is 8.57. The second kappa shape index (κ2) is 8.83. The van der Waals surface area contributed by atoms with Crippen molar-refractivity contribution in [2.24, 2.45) is 13.0 Å². The molecule has 0 bridgehead atoms. The van der Waals surface area contributed by atoms with Crippen molar-refractivity contribution in [1.29, 1.82) is 0 Å². The number of aromatic nitrogens is 2. The highest BCUT2D eigenvalue weighted by molar-refractivity contribution is 7.89. The normalized spacial score (nSPS) is 13.2. The molecule has 0 spiro atoms. The Kier molecular flexibility index (Phi) is 6.76. The van der Waals surface area contributed by atoms with E-state index in [0.717, 1.165) is 16.8 Å². The predicted octanol–water partition coefficient (Wildman–Crippen LogP) is 3.34. The lowest BCUT2D eigenvalue weighted by atomic mass is 10.00. The number of anilines is 1. The number of sulfonamides is 1. The first-order chi connectivity index (χ1) is 12.8. The van der Waals surface area contributed by atoms with Crippen LogP contribution in [0.15, 0.2) is 72.6 Å². The molecular formula is C20H26N4O2S. The van der Waals surface area contributed by atoms with Gasteiger partial charge in [0.05, 0.1) is 16.9 Å². The lowest BCUT2D eigenvalue weighted by Crippen LogP contribution is -2.19. The first kappa shape index (κ1) is 20.7. The second-order valence-electron chi connectivity index (χ2n) is 6.23. The fourth-order valence-corrected chi connectivity index (χ4v) is 3.43. The Morgan fingerprint density at radius 3 is 2.67 bits per heavy atom. The minimum atomic E-state index is -3.54. The number of nitrogens with one attached hydrogen (secondary N) is 2. The van der Waals surface area contributed by atoms with Gasteiger partial charge in [-0.3, -0.25) is 0 Å². The summed E-state index contributed by atoms with van der Waals surface area (Å²) in [5, 5.41) is 3.40. The molecule has 27 heavy (non-hydrogen) atoms. The monoisotopic (exact) mass is 386 g/mol. The maximum atomic E-state index is 12.2. The van der Waals surface area contributed by atoms with Crippen molar-refractivity contribution >= 4 is 15.7 Å². The predicted molar refractivity (Wildman–Crippen MR) is 111 cm³/mol. The summed E-state index contributed by atoms with van der Waals surface area (Å²) < 4.78 is 28.5. The fraction of sp³-hybridized carbons (Fsp3) is 0.250. The molecule has 1 aromatic heterocycles. The molecule has 7 heteroatoms. The minimum absolute atomic E-state index is 0.197. The van der Waals surface area contributed by atoms with Crippen molar-refractivity contribution in [3.63, 3.8) is 0 Å². The third-order valence-corrected chi connectivity index (χ3v) is 5.68. The maximum Gasteiger partial charge on any atom is 0.240 e. The number of benzene rings is 1. The molecule has 144 valence electrons. The summed E-state index contributed by atoms with van der Waals surface area (Å²) in [6, 6.07) is 4.99. The quantitative estimate of drug-likeness (QED) is 0.648. The van der Waals surface area contributed by atoms with E-state index in [9.17, 15) is 8.42 Å². The molecule has 0 amide bonds. The van der Waals surface area contributed by atoms with Gasteiger partial charge in [-0.2, -0.15) is 0 Å². The average molecular weight is 387 g/mol. The number of hydrogen-bond donors (Lipinski definition) is 2. The van der Waals surface area contributed by atoms with Crippen molar-refractivity contribution in [3.8, 4) is 11.3 Å². The molecule has 0 radical (unpaired) electrons. The summed E-state index contributed by atoms with van der Waals surface area (Å²) in [5.41, 5.74) is 3.32. The molecule has 2 N–H and O–H groups in total. The largest absolute Gasteiger partial charge is 0.384 e. The Morgan fingerprint density at radius 1 is 1.37 bits per heavy atom. The standard InChI is InChI=1S/C20H26N4O2S/c1-6-8-16(7-2)15(3)12-22-19-10-9-17(27(25,26)21-4)11-18(19)20-13-24(5)14-23-20/h6-11,13-15,21-22H,1-2,12H2,3-5H3/b16-8+. The molecule has 2 rings (SSSR count). The Labute approximate surface area is 161 Å². The smallest absolute Gasteiger partial charge is 0.240 e. The molecule has 1 aromatic carbocycles. The highest BCUT2D eigenvalue weighted by atomic mass is 32.2. The van der Waals surface area contributed by atoms with Gasteiger partial charge in [0.1, 0.15) is 0 Å². The van der Waals surface area contributed by atoms with E-state index < -0.39 is 10.0 Å². The maximum absolute atomic E-state index is 12.2. The van der Waals surface area contributed by atoms with Crippen LogP contribution in [0, 0.1) is 5.92 Å². The van der Waals surface area contributed by atoms with Crippen molar-refractivity contribution in [2.75, 3.05) is 18.9 Å². The number of allylic oxidation sites excluding steroid dienone is 3. The zero-order valence-corrected chi connectivity index (χ0v) is 16.8. The third kappa shape index (κ3) is 4.96. The first-order valence-corrected chi connectivity index (χ1v) is 10.1. The highest BCUT2D eigenvalue weighted by Gasteiger charge is 2.17. The number of hydrogen-bond acceptors (Lipinski definition) is 4. The van der Waals surface area contributed by atoms with Crippen molar-refractivity contribution in [1.82, 2.24) is 14.3 Å². The topological polar surface area (TPSA) is 76.0 Å². The number of nitrogens with zero attached hydrogens (tertiary/aromatic N) is 2. The summed E-state index contributed by atoms with van der Waals surface area (Å²) in [4.78, 5) is 4.57. The van der Waals surface area contributed by atoms with E-state index >= 15 is 0 Å². The van der Waals surface area contributed by atoms with Gasteiger partial charge < -0.3 is 9.88 Å². The van der Waals surface area contributed by atoms with E-state index in [1.165, 1.54) is 7.05 Å². The van der Waals surface area contributed by atoms with Gasteiger partial charge in [0, 0.05) is 31.0 Å². The molecule has 0 saturated carbocycles. The van der Waals surface area contributed by atoms with Crippen LogP contribution in [0.25, 0.3) is 11.3 Å². The Morgan fingerprint density at radius 2 is 2.11 bits per heavy atom. The summed E-state index contributed by atoms with van der Waals surface area (Å²) >= 11 is 0. The van der Waals surface area contributed by atoms with Gasteiger partial charge in [0.15, 0.2) is 0 Å². The fourth-order valence-electron chi connectivity index (χ4n) is 2.68. The van der Waals surface area contributed by atoms with Crippen LogP contribution in [0.1, 0.15) is 6.92 Å². The highest BCUT2D eigenvalue weighted by Crippen LogP contribution is 2.30. The second-order valence-corrected chi connectivity index (χ2v) is 8.11. The molecule has 2 aromatic rings. The SMILES string of the molecule is C=C/C=C(\C=C)C(C)CNc1ccc(S(=O)(=O)NC)cc1-c1cn(C)cn1. The van der Waals surface area contributed by atoms with Crippen LogP contribution >= 0.6 is 0 Å². The summed E-state index contributed by atoms with van der Waals surface area (Å²) in [6.45, 7) is 10.3. The molecule has 0 aliphatic heterocycles. The molecular weight excluding hydrogens is 360 g/mol. The van der Waals surface area contributed by atoms with Crippen LogP contribution < -0.4 is 10.0 Å².